The van der Waals surface area contributed by atoms with Gasteiger partial charge in [0.25, 0.3) is 0 Å². The van der Waals surface area contributed by atoms with Crippen molar-refractivity contribution in [2.24, 2.45) is 5.41 Å². The van der Waals surface area contributed by atoms with Gasteiger partial charge in [-0.05, 0) is 31.4 Å². The maximum atomic E-state index is 9.48. The average Bonchev–Trinajstić information content (AvgIpc) is 2.39. The molecule has 106 valence electrons. The number of benzene rings is 1. The summed E-state index contributed by atoms with van der Waals surface area (Å²) in [6, 6.07) is 3.92. The van der Waals surface area contributed by atoms with E-state index in [4.69, 9.17) is 9.47 Å². The van der Waals surface area contributed by atoms with Crippen LogP contribution in [-0.2, 0) is 0 Å². The molecule has 1 aromatic rings. The van der Waals surface area contributed by atoms with Crippen LogP contribution in [0.4, 0.5) is 5.69 Å². The summed E-state index contributed by atoms with van der Waals surface area (Å²) in [5, 5.41) is 12.9. The second kappa shape index (κ2) is 5.70. The van der Waals surface area contributed by atoms with Crippen LogP contribution in [0, 0.1) is 12.3 Å². The lowest BCUT2D eigenvalue weighted by atomic mass is 9.69. The van der Waals surface area contributed by atoms with E-state index in [1.807, 2.05) is 19.1 Å². The number of methoxy groups -OCH3 is 2. The van der Waals surface area contributed by atoms with Crippen molar-refractivity contribution < 1.29 is 14.6 Å². The van der Waals surface area contributed by atoms with Crippen molar-refractivity contribution in [2.45, 2.75) is 26.2 Å². The number of aryl methyl sites for hydroxylation is 1. The first-order valence-electron chi connectivity index (χ1n) is 6.71. The first kappa shape index (κ1) is 14.0. The lowest BCUT2D eigenvalue weighted by molar-refractivity contribution is 0.0576. The Hall–Kier alpha value is -1.42. The molecule has 0 unspecified atom stereocenters. The Kier molecular flexibility index (Phi) is 4.20. The predicted molar refractivity (Wildman–Crippen MR) is 76.1 cm³/mol. The third-order valence-corrected chi connectivity index (χ3v) is 4.13. The number of hydrogen-bond donors (Lipinski definition) is 2. The fourth-order valence-corrected chi connectivity index (χ4v) is 2.52. The third kappa shape index (κ3) is 2.78. The summed E-state index contributed by atoms with van der Waals surface area (Å²) < 4.78 is 10.6. The van der Waals surface area contributed by atoms with Gasteiger partial charge in [-0.25, -0.2) is 0 Å². The van der Waals surface area contributed by atoms with E-state index in [2.05, 4.69) is 5.32 Å². The van der Waals surface area contributed by atoms with Gasteiger partial charge in [0, 0.05) is 23.7 Å². The highest BCUT2D eigenvalue weighted by molar-refractivity contribution is 5.60. The van der Waals surface area contributed by atoms with E-state index in [0.717, 1.165) is 42.1 Å². The Morgan fingerprint density at radius 3 is 2.32 bits per heavy atom. The molecular formula is C15H23NO3. The Bertz CT molecular complexity index is 436. The monoisotopic (exact) mass is 265 g/mol. The van der Waals surface area contributed by atoms with Crippen molar-refractivity contribution in [3.63, 3.8) is 0 Å². The van der Waals surface area contributed by atoms with Crippen molar-refractivity contribution >= 4 is 5.69 Å². The van der Waals surface area contributed by atoms with Gasteiger partial charge in [0.1, 0.15) is 0 Å². The summed E-state index contributed by atoms with van der Waals surface area (Å²) in [5.74, 6) is 1.47. The molecule has 1 aliphatic carbocycles. The molecule has 0 bridgehead atoms. The topological polar surface area (TPSA) is 50.7 Å². The standard InChI is InChI=1S/C15H23NO3/c1-11-7-13(18-2)14(19-3)8-12(11)16-9-15(10-17)5-4-6-15/h7-8,16-17H,4-6,9-10H2,1-3H3. The van der Waals surface area contributed by atoms with Crippen LogP contribution < -0.4 is 14.8 Å². The van der Waals surface area contributed by atoms with E-state index in [1.54, 1.807) is 14.2 Å². The van der Waals surface area contributed by atoms with Crippen LogP contribution >= 0.6 is 0 Å². The molecule has 0 radical (unpaired) electrons. The molecule has 0 spiro atoms. The maximum Gasteiger partial charge on any atom is 0.162 e. The van der Waals surface area contributed by atoms with Gasteiger partial charge in [-0.15, -0.1) is 0 Å². The van der Waals surface area contributed by atoms with Crippen LogP contribution in [0.2, 0.25) is 0 Å². The molecule has 0 aromatic heterocycles. The lowest BCUT2D eigenvalue weighted by Crippen LogP contribution is -2.39. The highest BCUT2D eigenvalue weighted by Gasteiger charge is 2.36. The molecule has 1 saturated carbocycles. The van der Waals surface area contributed by atoms with Crippen molar-refractivity contribution in [1.29, 1.82) is 0 Å². The van der Waals surface area contributed by atoms with Crippen LogP contribution in [-0.4, -0.2) is 32.5 Å². The molecule has 19 heavy (non-hydrogen) atoms. The number of aliphatic hydroxyl groups is 1. The molecule has 4 nitrogen and oxygen atoms in total. The molecule has 0 aliphatic heterocycles. The van der Waals surface area contributed by atoms with E-state index >= 15 is 0 Å². The Morgan fingerprint density at radius 2 is 1.84 bits per heavy atom. The van der Waals surface area contributed by atoms with E-state index in [9.17, 15) is 5.11 Å². The number of rotatable bonds is 6. The molecule has 2 N–H and O–H groups in total. The first-order valence-corrected chi connectivity index (χ1v) is 6.71. The minimum Gasteiger partial charge on any atom is -0.493 e. The molecule has 1 aromatic carbocycles. The number of nitrogens with one attached hydrogen (secondary N) is 1. The minimum atomic E-state index is 0.0691. The smallest absolute Gasteiger partial charge is 0.162 e. The van der Waals surface area contributed by atoms with Crippen LogP contribution in [0.5, 0.6) is 11.5 Å². The zero-order chi connectivity index (χ0) is 13.9. The quantitative estimate of drug-likeness (QED) is 0.830. The molecule has 0 heterocycles. The summed E-state index contributed by atoms with van der Waals surface area (Å²) in [4.78, 5) is 0. The van der Waals surface area contributed by atoms with Crippen molar-refractivity contribution in [2.75, 3.05) is 32.7 Å². The number of aliphatic hydroxyl groups excluding tert-OH is 1. The Morgan fingerprint density at radius 1 is 1.21 bits per heavy atom. The van der Waals surface area contributed by atoms with Crippen LogP contribution in [0.1, 0.15) is 24.8 Å². The minimum absolute atomic E-state index is 0.0691. The normalized spacial score (nSPS) is 16.6. The number of ether oxygens (including phenoxy) is 2. The molecule has 0 amide bonds. The number of anilines is 1. The summed E-state index contributed by atoms with van der Waals surface area (Å²) in [6.45, 7) is 3.10. The van der Waals surface area contributed by atoms with E-state index in [-0.39, 0.29) is 12.0 Å². The highest BCUT2D eigenvalue weighted by Crippen LogP contribution is 2.41. The summed E-state index contributed by atoms with van der Waals surface area (Å²) >= 11 is 0. The zero-order valence-corrected chi connectivity index (χ0v) is 12.0. The second-order valence-electron chi connectivity index (χ2n) is 5.39. The molecular weight excluding hydrogens is 242 g/mol. The van der Waals surface area contributed by atoms with Crippen LogP contribution in [0.15, 0.2) is 12.1 Å². The van der Waals surface area contributed by atoms with Gasteiger partial charge in [-0.3, -0.25) is 0 Å². The average molecular weight is 265 g/mol. The van der Waals surface area contributed by atoms with Gasteiger partial charge in [0.15, 0.2) is 11.5 Å². The Labute approximate surface area is 114 Å². The molecule has 0 atom stereocenters. The summed E-state index contributed by atoms with van der Waals surface area (Å²) in [6.07, 6.45) is 3.42. The van der Waals surface area contributed by atoms with Gasteiger partial charge in [0.2, 0.25) is 0 Å². The van der Waals surface area contributed by atoms with Crippen molar-refractivity contribution in [3.8, 4) is 11.5 Å². The summed E-state index contributed by atoms with van der Waals surface area (Å²) in [5.41, 5.74) is 2.22. The molecule has 2 rings (SSSR count). The highest BCUT2D eigenvalue weighted by atomic mass is 16.5. The van der Waals surface area contributed by atoms with E-state index < -0.39 is 0 Å². The van der Waals surface area contributed by atoms with Crippen molar-refractivity contribution in [1.82, 2.24) is 0 Å². The fraction of sp³-hybridized carbons (Fsp3) is 0.600. The molecule has 4 heteroatoms. The first-order chi connectivity index (χ1) is 9.14. The van der Waals surface area contributed by atoms with E-state index in [0.29, 0.717) is 0 Å². The largest absolute Gasteiger partial charge is 0.493 e. The second-order valence-corrected chi connectivity index (χ2v) is 5.39. The van der Waals surface area contributed by atoms with Gasteiger partial charge in [-0.2, -0.15) is 0 Å². The predicted octanol–water partition coefficient (Wildman–Crippen LogP) is 2.59. The van der Waals surface area contributed by atoms with Gasteiger partial charge in [0.05, 0.1) is 20.8 Å². The molecule has 1 aliphatic rings. The van der Waals surface area contributed by atoms with E-state index in [1.165, 1.54) is 6.42 Å². The SMILES string of the molecule is COc1cc(C)c(NCC2(CO)CCC2)cc1OC. The van der Waals surface area contributed by atoms with Crippen LogP contribution in [0.3, 0.4) is 0 Å². The van der Waals surface area contributed by atoms with Crippen LogP contribution in [0.25, 0.3) is 0 Å². The van der Waals surface area contributed by atoms with Gasteiger partial charge in [-0.1, -0.05) is 6.42 Å². The summed E-state index contributed by atoms with van der Waals surface area (Å²) in [7, 11) is 3.28. The van der Waals surface area contributed by atoms with Gasteiger partial charge >= 0.3 is 0 Å². The zero-order valence-electron chi connectivity index (χ0n) is 12.0. The third-order valence-electron chi connectivity index (χ3n) is 4.13. The van der Waals surface area contributed by atoms with Crippen molar-refractivity contribution in [3.05, 3.63) is 17.7 Å². The molecule has 0 saturated heterocycles. The Balaban J connectivity index is 2.11. The fourth-order valence-electron chi connectivity index (χ4n) is 2.52. The number of hydrogen-bond acceptors (Lipinski definition) is 4. The van der Waals surface area contributed by atoms with Gasteiger partial charge < -0.3 is 19.9 Å². The molecule has 1 fully saturated rings. The lowest BCUT2D eigenvalue weighted by Gasteiger charge is -2.40. The maximum absolute atomic E-state index is 9.48.